The van der Waals surface area contributed by atoms with Crippen molar-refractivity contribution in [2.75, 3.05) is 0 Å². The molecule has 1 aromatic rings. The summed E-state index contributed by atoms with van der Waals surface area (Å²) < 4.78 is 1.64. The number of aromatic nitrogens is 2. The second-order valence-electron chi connectivity index (χ2n) is 4.06. The van der Waals surface area contributed by atoms with Gasteiger partial charge in [-0.15, -0.1) is 0 Å². The third-order valence-corrected chi connectivity index (χ3v) is 2.82. The number of hydrogen-bond acceptors (Lipinski definition) is 3. The lowest BCUT2D eigenvalue weighted by Gasteiger charge is -2.27. The number of carbonyl (C=O) groups excluding carboxylic acids is 1. The van der Waals surface area contributed by atoms with Crippen molar-refractivity contribution in [2.45, 2.75) is 31.3 Å². The normalized spacial score (nSPS) is 18.3. The Morgan fingerprint density at radius 2 is 2.47 bits per heavy atom. The number of rotatable bonds is 3. The van der Waals surface area contributed by atoms with Crippen LogP contribution in [0.5, 0.6) is 0 Å². The van der Waals surface area contributed by atoms with Crippen LogP contribution >= 0.6 is 0 Å². The Hall–Kier alpha value is -1.36. The summed E-state index contributed by atoms with van der Waals surface area (Å²) in [6.45, 7) is 0. The molecular weight excluding hydrogens is 192 g/mol. The molecule has 1 aromatic heterocycles. The van der Waals surface area contributed by atoms with Crippen LogP contribution in [0.25, 0.3) is 0 Å². The number of nitrogens with zero attached hydrogens (tertiary/aromatic N) is 2. The van der Waals surface area contributed by atoms with Crippen LogP contribution in [-0.2, 0) is 11.8 Å². The minimum Gasteiger partial charge on any atom is -0.352 e. The first-order valence-electron chi connectivity index (χ1n) is 5.21. The van der Waals surface area contributed by atoms with E-state index in [1.807, 2.05) is 0 Å². The first kappa shape index (κ1) is 10.2. The van der Waals surface area contributed by atoms with Crippen molar-refractivity contribution < 1.29 is 4.79 Å². The molecule has 1 aliphatic rings. The highest BCUT2D eigenvalue weighted by atomic mass is 16.2. The van der Waals surface area contributed by atoms with E-state index in [4.69, 9.17) is 5.73 Å². The van der Waals surface area contributed by atoms with Crippen molar-refractivity contribution in [3.8, 4) is 0 Å². The van der Waals surface area contributed by atoms with Gasteiger partial charge in [0.2, 0.25) is 5.91 Å². The van der Waals surface area contributed by atoms with Crippen molar-refractivity contribution in [2.24, 2.45) is 12.8 Å². The molecule has 2 rings (SSSR count). The molecule has 1 unspecified atom stereocenters. The van der Waals surface area contributed by atoms with Crippen LogP contribution in [0.1, 0.15) is 30.9 Å². The Morgan fingerprint density at radius 1 is 1.73 bits per heavy atom. The van der Waals surface area contributed by atoms with Crippen LogP contribution in [0.15, 0.2) is 12.4 Å². The van der Waals surface area contributed by atoms with Crippen LogP contribution in [0.4, 0.5) is 0 Å². The summed E-state index contributed by atoms with van der Waals surface area (Å²) in [6, 6.07) is -0.264. The summed E-state index contributed by atoms with van der Waals surface area (Å²) in [5.41, 5.74) is 6.57. The van der Waals surface area contributed by atoms with E-state index < -0.39 is 6.04 Å². The highest BCUT2D eigenvalue weighted by Crippen LogP contribution is 2.19. The first-order valence-corrected chi connectivity index (χ1v) is 5.21. The van der Waals surface area contributed by atoms with Crippen molar-refractivity contribution in [1.29, 1.82) is 0 Å². The molecule has 1 fully saturated rings. The Morgan fingerprint density at radius 3 is 2.93 bits per heavy atom. The highest BCUT2D eigenvalue weighted by molar-refractivity contribution is 5.83. The second kappa shape index (κ2) is 4.02. The van der Waals surface area contributed by atoms with Crippen molar-refractivity contribution in [3.63, 3.8) is 0 Å². The average Bonchev–Trinajstić information content (AvgIpc) is 2.56. The summed E-state index contributed by atoms with van der Waals surface area (Å²) in [6.07, 6.45) is 6.75. The molecule has 1 amide bonds. The Bertz CT molecular complexity index is 356. The molecule has 0 saturated heterocycles. The van der Waals surface area contributed by atoms with Gasteiger partial charge in [0.15, 0.2) is 0 Å². The van der Waals surface area contributed by atoms with Crippen molar-refractivity contribution in [1.82, 2.24) is 15.1 Å². The van der Waals surface area contributed by atoms with Gasteiger partial charge >= 0.3 is 0 Å². The van der Waals surface area contributed by atoms with Gasteiger partial charge in [-0.1, -0.05) is 0 Å². The molecule has 1 heterocycles. The summed E-state index contributed by atoms with van der Waals surface area (Å²) in [5.74, 6) is -0.104. The predicted octanol–water partition coefficient (Wildman–Crippen LogP) is 0.0886. The van der Waals surface area contributed by atoms with Crippen LogP contribution in [-0.4, -0.2) is 21.7 Å². The van der Waals surface area contributed by atoms with Gasteiger partial charge < -0.3 is 11.1 Å². The number of hydrogen-bond donors (Lipinski definition) is 2. The topological polar surface area (TPSA) is 72.9 Å². The van der Waals surface area contributed by atoms with Gasteiger partial charge in [0.05, 0.1) is 6.20 Å². The smallest absolute Gasteiger partial charge is 0.241 e. The monoisotopic (exact) mass is 208 g/mol. The lowest BCUT2D eigenvalue weighted by atomic mass is 9.93. The molecule has 0 spiro atoms. The van der Waals surface area contributed by atoms with Gasteiger partial charge in [-0.25, -0.2) is 0 Å². The third kappa shape index (κ3) is 2.18. The van der Waals surface area contributed by atoms with E-state index in [9.17, 15) is 4.79 Å². The summed E-state index contributed by atoms with van der Waals surface area (Å²) in [7, 11) is 1.81. The van der Waals surface area contributed by atoms with Crippen LogP contribution in [0, 0.1) is 0 Å². The molecular formula is C10H16N4O. The minimum absolute atomic E-state index is 0.104. The highest BCUT2D eigenvalue weighted by Gasteiger charge is 2.23. The number of nitrogens with one attached hydrogen (secondary N) is 1. The third-order valence-electron chi connectivity index (χ3n) is 2.82. The van der Waals surface area contributed by atoms with E-state index in [1.165, 1.54) is 6.42 Å². The fraction of sp³-hybridized carbons (Fsp3) is 0.600. The predicted molar refractivity (Wildman–Crippen MR) is 55.9 cm³/mol. The molecule has 15 heavy (non-hydrogen) atoms. The van der Waals surface area contributed by atoms with E-state index in [2.05, 4.69) is 10.4 Å². The van der Waals surface area contributed by atoms with Gasteiger partial charge in [0.25, 0.3) is 0 Å². The zero-order chi connectivity index (χ0) is 10.8. The zero-order valence-electron chi connectivity index (χ0n) is 8.81. The van der Waals surface area contributed by atoms with Gasteiger partial charge in [0.1, 0.15) is 6.04 Å². The quantitative estimate of drug-likeness (QED) is 0.739. The molecule has 0 radical (unpaired) electrons. The molecule has 0 bridgehead atoms. The van der Waals surface area contributed by atoms with Gasteiger partial charge in [-0.05, 0) is 19.3 Å². The lowest BCUT2D eigenvalue weighted by molar-refractivity contribution is -0.123. The SMILES string of the molecule is Cn1cc(C(N)C(=O)NC2CCC2)cn1. The van der Waals surface area contributed by atoms with E-state index in [-0.39, 0.29) is 5.91 Å². The largest absolute Gasteiger partial charge is 0.352 e. The number of nitrogens with two attached hydrogens (primary N) is 1. The number of amides is 1. The van der Waals surface area contributed by atoms with E-state index in [1.54, 1.807) is 24.1 Å². The maximum Gasteiger partial charge on any atom is 0.241 e. The lowest BCUT2D eigenvalue weighted by Crippen LogP contribution is -2.43. The summed E-state index contributed by atoms with van der Waals surface area (Å²) in [4.78, 5) is 11.7. The average molecular weight is 208 g/mol. The fourth-order valence-electron chi connectivity index (χ4n) is 1.60. The zero-order valence-corrected chi connectivity index (χ0v) is 8.81. The molecule has 3 N–H and O–H groups in total. The Kier molecular flexibility index (Phi) is 2.73. The van der Waals surface area contributed by atoms with Crippen molar-refractivity contribution in [3.05, 3.63) is 18.0 Å². The summed E-state index contributed by atoms with van der Waals surface area (Å²) >= 11 is 0. The van der Waals surface area contributed by atoms with Crippen LogP contribution in [0.3, 0.4) is 0 Å². The molecule has 0 aromatic carbocycles. The maximum atomic E-state index is 11.7. The van der Waals surface area contributed by atoms with Crippen LogP contribution < -0.4 is 11.1 Å². The maximum absolute atomic E-state index is 11.7. The van der Waals surface area contributed by atoms with Crippen LogP contribution in [0.2, 0.25) is 0 Å². The van der Waals surface area contributed by atoms with E-state index in [0.29, 0.717) is 6.04 Å². The molecule has 1 atom stereocenters. The molecule has 1 saturated carbocycles. The Balaban J connectivity index is 1.94. The van der Waals surface area contributed by atoms with Gasteiger partial charge in [-0.2, -0.15) is 5.10 Å². The number of carbonyl (C=O) groups is 1. The minimum atomic E-state index is -0.598. The Labute approximate surface area is 88.6 Å². The molecule has 5 heteroatoms. The van der Waals surface area contributed by atoms with Gasteiger partial charge in [-0.3, -0.25) is 9.48 Å². The molecule has 82 valence electrons. The van der Waals surface area contributed by atoms with Gasteiger partial charge in [0, 0.05) is 24.8 Å². The number of aryl methyl sites for hydroxylation is 1. The molecule has 0 aliphatic heterocycles. The van der Waals surface area contributed by atoms with E-state index in [0.717, 1.165) is 18.4 Å². The molecule has 1 aliphatic carbocycles. The van der Waals surface area contributed by atoms with Crippen molar-refractivity contribution >= 4 is 5.91 Å². The molecule has 5 nitrogen and oxygen atoms in total. The fourth-order valence-corrected chi connectivity index (χ4v) is 1.60. The second-order valence-corrected chi connectivity index (χ2v) is 4.06. The standard InChI is InChI=1S/C10H16N4O/c1-14-6-7(5-12-14)9(11)10(15)13-8-3-2-4-8/h5-6,8-9H,2-4,11H2,1H3,(H,13,15). The van der Waals surface area contributed by atoms with E-state index >= 15 is 0 Å². The first-order chi connectivity index (χ1) is 7.16. The summed E-state index contributed by atoms with van der Waals surface area (Å²) in [5, 5.41) is 6.91.